The van der Waals surface area contributed by atoms with E-state index in [4.69, 9.17) is 8.92 Å². The largest absolute Gasteiger partial charge is 0.497 e. The number of aromatic amines is 1. The van der Waals surface area contributed by atoms with E-state index >= 15 is 0 Å². The lowest BCUT2D eigenvalue weighted by Gasteiger charge is -2.03. The topological polar surface area (TPSA) is 81.3 Å². The van der Waals surface area contributed by atoms with Gasteiger partial charge in [-0.1, -0.05) is 6.07 Å². The van der Waals surface area contributed by atoms with Crippen LogP contribution in [0.4, 0.5) is 0 Å². The summed E-state index contributed by atoms with van der Waals surface area (Å²) in [6, 6.07) is 8.28. The summed E-state index contributed by atoms with van der Waals surface area (Å²) in [4.78, 5) is 0. The van der Waals surface area contributed by atoms with Crippen molar-refractivity contribution in [1.29, 1.82) is 0 Å². The van der Waals surface area contributed by atoms with Crippen molar-refractivity contribution in [3.63, 3.8) is 0 Å². The fraction of sp³-hybridized carbons (Fsp3) is 0.0833. The number of hydrogen-bond acceptors (Lipinski definition) is 6. The maximum Gasteiger partial charge on any atom is 0.350 e. The summed E-state index contributed by atoms with van der Waals surface area (Å²) in [5, 5.41) is 8.82. The normalized spacial score (nSPS) is 11.7. The van der Waals surface area contributed by atoms with Gasteiger partial charge in [0, 0.05) is 0 Å². The minimum atomic E-state index is -3.86. The van der Waals surface area contributed by atoms with Gasteiger partial charge in [-0.15, -0.1) is 16.4 Å². The number of hydrogen-bond donors (Lipinski definition) is 1. The van der Waals surface area contributed by atoms with Gasteiger partial charge in [-0.3, -0.25) is 5.10 Å². The zero-order valence-electron chi connectivity index (χ0n) is 10.4. The highest BCUT2D eigenvalue weighted by Crippen LogP contribution is 2.29. The van der Waals surface area contributed by atoms with E-state index in [1.165, 1.54) is 13.2 Å². The Labute approximate surface area is 119 Å². The molecular formula is C12H10N2O4S2. The third-order valence-corrected chi connectivity index (χ3v) is 5.23. The number of nitrogens with zero attached hydrogens (tertiary/aromatic N) is 1. The van der Waals surface area contributed by atoms with Crippen molar-refractivity contribution >= 4 is 32.4 Å². The first kappa shape index (κ1) is 12.9. The molecule has 0 radical (unpaired) electrons. The first-order valence-electron chi connectivity index (χ1n) is 5.60. The maximum atomic E-state index is 12.1. The summed E-state index contributed by atoms with van der Waals surface area (Å²) in [5.41, 5.74) is 0.669. The molecule has 6 nitrogen and oxygen atoms in total. The molecule has 0 atom stereocenters. The van der Waals surface area contributed by atoms with Gasteiger partial charge in [0.05, 0.1) is 18.0 Å². The Morgan fingerprint density at radius 3 is 2.85 bits per heavy atom. The van der Waals surface area contributed by atoms with Crippen LogP contribution in [0.2, 0.25) is 0 Å². The van der Waals surface area contributed by atoms with Gasteiger partial charge in [0.1, 0.15) is 5.75 Å². The van der Waals surface area contributed by atoms with Crippen LogP contribution in [0.3, 0.4) is 0 Å². The molecule has 0 amide bonds. The van der Waals surface area contributed by atoms with Crippen molar-refractivity contribution in [1.82, 2.24) is 10.2 Å². The minimum absolute atomic E-state index is 0.00676. The fourth-order valence-electron chi connectivity index (χ4n) is 1.71. The van der Waals surface area contributed by atoms with Crippen LogP contribution in [-0.2, 0) is 10.1 Å². The van der Waals surface area contributed by atoms with Gasteiger partial charge >= 0.3 is 10.1 Å². The first-order chi connectivity index (χ1) is 9.60. The fourth-order valence-corrected chi connectivity index (χ4v) is 3.56. The molecule has 0 saturated heterocycles. The number of H-pyrrole nitrogens is 1. The Morgan fingerprint density at radius 2 is 2.15 bits per heavy atom. The highest BCUT2D eigenvalue weighted by atomic mass is 32.3. The van der Waals surface area contributed by atoms with Gasteiger partial charge in [0.2, 0.25) is 0 Å². The molecule has 1 N–H and O–H groups in total. The van der Waals surface area contributed by atoms with Crippen molar-refractivity contribution in [2.45, 2.75) is 4.21 Å². The van der Waals surface area contributed by atoms with E-state index in [0.29, 0.717) is 16.7 Å². The van der Waals surface area contributed by atoms with Crippen LogP contribution in [0, 0.1) is 0 Å². The van der Waals surface area contributed by atoms with Gasteiger partial charge in [-0.05, 0) is 29.6 Å². The molecule has 0 fully saturated rings. The van der Waals surface area contributed by atoms with Crippen LogP contribution in [0.5, 0.6) is 11.6 Å². The van der Waals surface area contributed by atoms with Crippen molar-refractivity contribution in [2.24, 2.45) is 0 Å². The van der Waals surface area contributed by atoms with Crippen molar-refractivity contribution in [3.05, 3.63) is 35.7 Å². The molecule has 104 valence electrons. The number of nitrogens with one attached hydrogen (secondary N) is 1. The summed E-state index contributed by atoms with van der Waals surface area (Å²) >= 11 is 1.09. The molecule has 0 unspecified atom stereocenters. The number of benzene rings is 1. The second-order valence-corrected chi connectivity index (χ2v) is 6.63. The summed E-state index contributed by atoms with van der Waals surface area (Å²) in [5.74, 6) is 0.601. The standard InChI is InChI=1S/C12H10N2O4S2/c1-17-8-4-5-10-9(7-8)12(14-13-10)18-20(15,16)11-3-2-6-19-11/h2-7H,1H3,(H,13,14). The molecular weight excluding hydrogens is 300 g/mol. The average molecular weight is 310 g/mol. The zero-order valence-corrected chi connectivity index (χ0v) is 12.0. The van der Waals surface area contributed by atoms with Crippen LogP contribution < -0.4 is 8.92 Å². The molecule has 0 spiro atoms. The molecule has 0 aliphatic carbocycles. The quantitative estimate of drug-likeness (QED) is 0.748. The van der Waals surface area contributed by atoms with Gasteiger partial charge < -0.3 is 8.92 Å². The Bertz CT molecular complexity index is 838. The van der Waals surface area contributed by atoms with E-state index in [1.54, 1.807) is 29.6 Å². The average Bonchev–Trinajstić information content (AvgIpc) is 3.08. The highest BCUT2D eigenvalue weighted by molar-refractivity contribution is 7.89. The third-order valence-electron chi connectivity index (χ3n) is 2.67. The number of thiophene rings is 1. The zero-order chi connectivity index (χ0) is 14.2. The maximum absolute atomic E-state index is 12.1. The second kappa shape index (κ2) is 4.80. The van der Waals surface area contributed by atoms with Crippen LogP contribution in [-0.4, -0.2) is 25.7 Å². The molecule has 20 heavy (non-hydrogen) atoms. The first-order valence-corrected chi connectivity index (χ1v) is 7.89. The predicted molar refractivity (Wildman–Crippen MR) is 74.8 cm³/mol. The number of rotatable bonds is 4. The number of fused-ring (bicyclic) bond motifs is 1. The lowest BCUT2D eigenvalue weighted by atomic mass is 10.2. The monoisotopic (exact) mass is 310 g/mol. The van der Waals surface area contributed by atoms with Crippen molar-refractivity contribution in [3.8, 4) is 11.6 Å². The van der Waals surface area contributed by atoms with E-state index < -0.39 is 10.1 Å². The molecule has 0 saturated carbocycles. The Kier molecular flexibility index (Phi) is 3.11. The van der Waals surface area contributed by atoms with Crippen LogP contribution >= 0.6 is 11.3 Å². The van der Waals surface area contributed by atoms with Gasteiger partial charge in [-0.25, -0.2) is 0 Å². The molecule has 2 heterocycles. The van der Waals surface area contributed by atoms with E-state index in [-0.39, 0.29) is 10.1 Å². The lowest BCUT2D eigenvalue weighted by Crippen LogP contribution is -2.08. The van der Waals surface area contributed by atoms with E-state index in [1.807, 2.05) is 0 Å². The van der Waals surface area contributed by atoms with Crippen LogP contribution in [0.1, 0.15) is 0 Å². The number of aromatic nitrogens is 2. The molecule has 8 heteroatoms. The summed E-state index contributed by atoms with van der Waals surface area (Å²) < 4.78 is 34.4. The molecule has 0 bridgehead atoms. The molecule has 3 aromatic rings. The van der Waals surface area contributed by atoms with E-state index in [0.717, 1.165) is 11.3 Å². The molecule has 0 aliphatic heterocycles. The lowest BCUT2D eigenvalue weighted by molar-refractivity contribution is 0.415. The Balaban J connectivity index is 2.03. The molecule has 2 aromatic heterocycles. The van der Waals surface area contributed by atoms with Crippen LogP contribution in [0.15, 0.2) is 39.9 Å². The summed E-state index contributed by atoms with van der Waals surface area (Å²) in [6.07, 6.45) is 0. The number of methoxy groups -OCH3 is 1. The van der Waals surface area contributed by atoms with Gasteiger partial charge in [0.25, 0.3) is 5.88 Å². The predicted octanol–water partition coefficient (Wildman–Crippen LogP) is 2.40. The molecule has 1 aromatic carbocycles. The van der Waals surface area contributed by atoms with E-state index in [9.17, 15) is 8.42 Å². The Morgan fingerprint density at radius 1 is 1.30 bits per heavy atom. The summed E-state index contributed by atoms with van der Waals surface area (Å²) in [7, 11) is -2.32. The summed E-state index contributed by atoms with van der Waals surface area (Å²) in [6.45, 7) is 0. The van der Waals surface area contributed by atoms with Crippen molar-refractivity contribution in [2.75, 3.05) is 7.11 Å². The molecule has 0 aliphatic rings. The third kappa shape index (κ3) is 2.23. The van der Waals surface area contributed by atoms with E-state index in [2.05, 4.69) is 10.2 Å². The van der Waals surface area contributed by atoms with Crippen molar-refractivity contribution < 1.29 is 17.3 Å². The van der Waals surface area contributed by atoms with Gasteiger partial charge in [-0.2, -0.15) is 8.42 Å². The van der Waals surface area contributed by atoms with Gasteiger partial charge in [0.15, 0.2) is 4.21 Å². The smallest absolute Gasteiger partial charge is 0.350 e. The second-order valence-electron chi connectivity index (χ2n) is 3.91. The molecule has 3 rings (SSSR count). The SMILES string of the molecule is COc1ccc2[nH]nc(OS(=O)(=O)c3cccs3)c2c1. The Hall–Kier alpha value is -2.06. The highest BCUT2D eigenvalue weighted by Gasteiger charge is 2.21. The number of ether oxygens (including phenoxy) is 1. The van der Waals surface area contributed by atoms with Crippen LogP contribution in [0.25, 0.3) is 10.9 Å². The minimum Gasteiger partial charge on any atom is -0.497 e.